The summed E-state index contributed by atoms with van der Waals surface area (Å²) < 4.78 is 10.5. The number of aromatic nitrogens is 1. The molecule has 0 atom stereocenters. The fraction of sp³-hybridized carbons (Fsp3) is 0.312. The second-order valence-electron chi connectivity index (χ2n) is 5.13. The van der Waals surface area contributed by atoms with Crippen molar-refractivity contribution in [2.45, 2.75) is 20.8 Å². The van der Waals surface area contributed by atoms with Crippen LogP contribution in [0.3, 0.4) is 0 Å². The Bertz CT molecular complexity index is 729. The molecule has 0 aliphatic heterocycles. The molecule has 0 unspecified atom stereocenters. The molecule has 23 heavy (non-hydrogen) atoms. The number of thiazole rings is 1. The third-order valence-corrected chi connectivity index (χ3v) is 3.93. The Balaban J connectivity index is 0.00000264. The number of nitriles is 1. The van der Waals surface area contributed by atoms with Gasteiger partial charge < -0.3 is 10.9 Å². The Kier molecular flexibility index (Phi) is 8.40. The number of carbonyl (C=O) groups is 1. The number of rotatable bonds is 6. The van der Waals surface area contributed by atoms with Crippen molar-refractivity contribution < 1.29 is 67.1 Å². The molecule has 2 aromatic rings. The number of aryl methyl sites for hydroxylation is 1. The van der Waals surface area contributed by atoms with Crippen LogP contribution < -0.4 is 60.9 Å². The first kappa shape index (κ1) is 20.3. The van der Waals surface area contributed by atoms with Gasteiger partial charge in [0.2, 0.25) is 5.06 Å². The van der Waals surface area contributed by atoms with Gasteiger partial charge >= 0.3 is 51.4 Å². The van der Waals surface area contributed by atoms with E-state index in [1.807, 2.05) is 19.9 Å². The molecule has 5 nitrogen and oxygen atoms in total. The first-order valence-corrected chi connectivity index (χ1v) is 7.61. The minimum Gasteiger partial charge on any atom is -1.00 e. The summed E-state index contributed by atoms with van der Waals surface area (Å²) in [6.07, 6.45) is 0. The van der Waals surface area contributed by atoms with Crippen molar-refractivity contribution in [3.8, 4) is 27.5 Å². The van der Waals surface area contributed by atoms with Gasteiger partial charge in [-0.1, -0.05) is 25.2 Å². The van der Waals surface area contributed by atoms with Crippen molar-refractivity contribution in [1.29, 1.82) is 5.26 Å². The summed E-state index contributed by atoms with van der Waals surface area (Å²) in [6.45, 7) is 6.81. The van der Waals surface area contributed by atoms with Crippen LogP contribution in [0.25, 0.3) is 10.6 Å². The fourth-order valence-electron chi connectivity index (χ4n) is 1.79. The van der Waals surface area contributed by atoms with Gasteiger partial charge in [0.25, 0.3) is 6.47 Å². The van der Waals surface area contributed by atoms with E-state index in [1.165, 1.54) is 11.3 Å². The Morgan fingerprint density at radius 1 is 1.48 bits per heavy atom. The Hall–Kier alpha value is -0.754. The van der Waals surface area contributed by atoms with Gasteiger partial charge in [0.05, 0.1) is 17.9 Å². The van der Waals surface area contributed by atoms with Crippen LogP contribution in [0.15, 0.2) is 18.2 Å². The molecule has 1 aromatic heterocycles. The van der Waals surface area contributed by atoms with Gasteiger partial charge in [-0.15, -0.1) is 0 Å². The first-order chi connectivity index (χ1) is 10.5. The summed E-state index contributed by atoms with van der Waals surface area (Å²) in [5.41, 5.74) is 1.90. The molecule has 0 aliphatic carbocycles. The van der Waals surface area contributed by atoms with Crippen molar-refractivity contribution in [2.24, 2.45) is 5.92 Å². The summed E-state index contributed by atoms with van der Waals surface area (Å²) in [4.78, 5) is 14.8. The molecule has 0 aliphatic rings. The van der Waals surface area contributed by atoms with E-state index in [-0.39, 0.29) is 52.8 Å². The zero-order valence-corrected chi connectivity index (χ0v) is 17.6. The predicted octanol–water partition coefficient (Wildman–Crippen LogP) is 0.677. The van der Waals surface area contributed by atoms with Gasteiger partial charge in [0, 0.05) is 5.56 Å². The van der Waals surface area contributed by atoms with E-state index in [2.05, 4.69) is 11.1 Å². The van der Waals surface area contributed by atoms with E-state index in [0.29, 0.717) is 46.1 Å². The first-order valence-electron chi connectivity index (χ1n) is 6.80. The monoisotopic (exact) mass is 356 g/mol. The smallest absolute Gasteiger partial charge is 1.00 e. The minimum absolute atomic E-state index is 0. The fourth-order valence-corrected chi connectivity index (χ4v) is 2.68. The zero-order valence-electron chi connectivity index (χ0n) is 14.6. The number of hydrogen-bond acceptors (Lipinski definition) is 6. The van der Waals surface area contributed by atoms with Crippen LogP contribution in [-0.4, -0.2) is 18.1 Å². The summed E-state index contributed by atoms with van der Waals surface area (Å²) in [7, 11) is 0. The summed E-state index contributed by atoms with van der Waals surface area (Å²) in [5, 5.41) is 10.4. The third-order valence-electron chi connectivity index (χ3n) is 2.83. The van der Waals surface area contributed by atoms with Crippen LogP contribution in [-0.2, 0) is 4.79 Å². The van der Waals surface area contributed by atoms with E-state index < -0.39 is 0 Å². The molecule has 0 bridgehead atoms. The molecule has 0 radical (unpaired) electrons. The molecule has 1 heterocycles. The third kappa shape index (κ3) is 5.38. The number of benzene rings is 1. The summed E-state index contributed by atoms with van der Waals surface area (Å²) >= 11 is 1.27. The average molecular weight is 356 g/mol. The standard InChI is InChI=1S/C16H16N2O3S.K.H/c1-10(2)8-20-14-5-4-12(6-13(14)7-17)15-18-11(3)16(22-15)21-9-19;;/h4-6,9-10H,8H2,1-3H3;;/q;+1;-1. The van der Waals surface area contributed by atoms with Gasteiger partial charge in [0.1, 0.15) is 16.8 Å². The maximum absolute atomic E-state index is 10.4. The van der Waals surface area contributed by atoms with Crippen molar-refractivity contribution in [1.82, 2.24) is 4.98 Å². The molecule has 0 spiro atoms. The predicted molar refractivity (Wildman–Crippen MR) is 85.1 cm³/mol. The summed E-state index contributed by atoms with van der Waals surface area (Å²) in [5.74, 6) is 0.952. The molecule has 0 saturated heterocycles. The van der Waals surface area contributed by atoms with E-state index in [9.17, 15) is 10.1 Å². The van der Waals surface area contributed by atoms with Crippen LogP contribution in [0.1, 0.15) is 26.5 Å². The van der Waals surface area contributed by atoms with Gasteiger partial charge in [-0.3, -0.25) is 4.79 Å². The van der Waals surface area contributed by atoms with Gasteiger partial charge in [-0.2, -0.15) is 5.26 Å². The molecular formula is C16H17KN2O3S. The maximum Gasteiger partial charge on any atom is 1.00 e. The Morgan fingerprint density at radius 2 is 2.22 bits per heavy atom. The second-order valence-corrected chi connectivity index (χ2v) is 6.10. The second kappa shape index (κ2) is 9.52. The van der Waals surface area contributed by atoms with E-state index in [1.54, 1.807) is 19.1 Å². The Morgan fingerprint density at radius 3 is 2.83 bits per heavy atom. The Labute approximate surface area is 183 Å². The molecule has 116 valence electrons. The summed E-state index contributed by atoms with van der Waals surface area (Å²) in [6, 6.07) is 7.49. The molecule has 7 heteroatoms. The zero-order chi connectivity index (χ0) is 16.1. The molecular weight excluding hydrogens is 339 g/mol. The van der Waals surface area contributed by atoms with Crippen LogP contribution >= 0.6 is 11.3 Å². The molecule has 2 rings (SSSR count). The number of ether oxygens (including phenoxy) is 2. The van der Waals surface area contributed by atoms with Crippen molar-refractivity contribution in [3.63, 3.8) is 0 Å². The van der Waals surface area contributed by atoms with Crippen LogP contribution in [0.5, 0.6) is 10.8 Å². The van der Waals surface area contributed by atoms with Crippen molar-refractivity contribution in [2.75, 3.05) is 6.61 Å². The molecule has 0 amide bonds. The van der Waals surface area contributed by atoms with Gasteiger partial charge in [0.15, 0.2) is 0 Å². The van der Waals surface area contributed by atoms with E-state index >= 15 is 0 Å². The van der Waals surface area contributed by atoms with Gasteiger partial charge in [-0.25, -0.2) is 4.98 Å². The number of nitrogens with zero attached hydrogens (tertiary/aromatic N) is 2. The SMILES string of the molecule is Cc1nc(-c2ccc(OCC(C)C)c(C#N)c2)sc1OC=O.[H-].[K+]. The maximum atomic E-state index is 10.4. The van der Waals surface area contributed by atoms with Crippen LogP contribution in [0, 0.1) is 24.2 Å². The average Bonchev–Trinajstić information content (AvgIpc) is 2.86. The van der Waals surface area contributed by atoms with E-state index in [0.717, 1.165) is 5.56 Å². The molecule has 0 fully saturated rings. The van der Waals surface area contributed by atoms with Crippen molar-refractivity contribution >= 4 is 17.8 Å². The quantitative estimate of drug-likeness (QED) is 0.562. The van der Waals surface area contributed by atoms with Crippen molar-refractivity contribution in [3.05, 3.63) is 29.5 Å². The van der Waals surface area contributed by atoms with E-state index in [4.69, 9.17) is 9.47 Å². The number of carbonyl (C=O) groups excluding carboxylic acids is 1. The molecule has 0 saturated carbocycles. The normalized spacial score (nSPS) is 9.87. The number of hydrogen-bond donors (Lipinski definition) is 0. The topological polar surface area (TPSA) is 72.2 Å². The molecule has 0 N–H and O–H groups in total. The molecule has 1 aromatic carbocycles. The van der Waals surface area contributed by atoms with Crippen LogP contribution in [0.4, 0.5) is 0 Å². The van der Waals surface area contributed by atoms with Gasteiger partial charge in [-0.05, 0) is 31.0 Å². The largest absolute Gasteiger partial charge is 1.00 e. The minimum atomic E-state index is 0. The van der Waals surface area contributed by atoms with Crippen LogP contribution in [0.2, 0.25) is 0 Å².